The van der Waals surface area contributed by atoms with Gasteiger partial charge in [-0.2, -0.15) is 0 Å². The topological polar surface area (TPSA) is 122 Å². The number of aromatic carboxylic acids is 1. The van der Waals surface area contributed by atoms with E-state index in [0.717, 1.165) is 0 Å². The first-order valence-electron chi connectivity index (χ1n) is 5.53. The van der Waals surface area contributed by atoms with Crippen LogP contribution in [-0.4, -0.2) is 34.5 Å². The molecular weight excluding hydrogens is 254 g/mol. The molecule has 3 N–H and O–H groups in total. The van der Waals surface area contributed by atoms with Crippen LogP contribution < -0.4 is 10.6 Å². The molecule has 8 nitrogen and oxygen atoms in total. The zero-order valence-electron chi connectivity index (χ0n) is 9.75. The van der Waals surface area contributed by atoms with Crippen molar-refractivity contribution in [3.63, 3.8) is 0 Å². The zero-order chi connectivity index (χ0) is 14.0. The number of nitrogens with one attached hydrogen (secondary N) is 2. The SMILES string of the molecule is O=C1CC(Nc2cccc(C(=O)O)c2[N+](=O)[O-])CN1. The van der Waals surface area contributed by atoms with E-state index >= 15 is 0 Å². The highest BCUT2D eigenvalue weighted by Crippen LogP contribution is 2.29. The number of nitro benzene ring substituents is 1. The van der Waals surface area contributed by atoms with Gasteiger partial charge >= 0.3 is 11.7 Å². The number of benzene rings is 1. The van der Waals surface area contributed by atoms with Gasteiger partial charge in [-0.25, -0.2) is 4.79 Å². The van der Waals surface area contributed by atoms with E-state index in [-0.39, 0.29) is 29.6 Å². The minimum absolute atomic E-state index is 0.103. The number of hydrogen-bond donors (Lipinski definition) is 3. The molecule has 0 aliphatic carbocycles. The van der Waals surface area contributed by atoms with Crippen LogP contribution >= 0.6 is 0 Å². The first-order chi connectivity index (χ1) is 8.99. The van der Waals surface area contributed by atoms with Crippen molar-refractivity contribution in [2.75, 3.05) is 11.9 Å². The summed E-state index contributed by atoms with van der Waals surface area (Å²) in [6, 6.07) is 3.73. The van der Waals surface area contributed by atoms with Gasteiger partial charge in [-0.15, -0.1) is 0 Å². The maximum atomic E-state index is 11.1. The average molecular weight is 265 g/mol. The zero-order valence-corrected chi connectivity index (χ0v) is 9.75. The van der Waals surface area contributed by atoms with E-state index in [1.165, 1.54) is 18.2 Å². The van der Waals surface area contributed by atoms with Crippen LogP contribution in [0.4, 0.5) is 11.4 Å². The van der Waals surface area contributed by atoms with Crippen molar-refractivity contribution < 1.29 is 19.6 Å². The fourth-order valence-corrected chi connectivity index (χ4v) is 1.96. The number of rotatable bonds is 4. The van der Waals surface area contributed by atoms with Gasteiger partial charge in [0.2, 0.25) is 5.91 Å². The Balaban J connectivity index is 2.34. The Bertz CT molecular complexity index is 557. The molecule has 19 heavy (non-hydrogen) atoms. The molecule has 0 bridgehead atoms. The maximum absolute atomic E-state index is 11.1. The number of carboxylic acid groups (broad SMARTS) is 1. The van der Waals surface area contributed by atoms with Gasteiger partial charge in [0.05, 0.1) is 11.0 Å². The summed E-state index contributed by atoms with van der Waals surface area (Å²) in [5.74, 6) is -1.51. The second-order valence-electron chi connectivity index (χ2n) is 4.11. The van der Waals surface area contributed by atoms with Gasteiger partial charge < -0.3 is 15.7 Å². The summed E-state index contributed by atoms with van der Waals surface area (Å²) in [4.78, 5) is 32.3. The lowest BCUT2D eigenvalue weighted by Crippen LogP contribution is -2.23. The fourth-order valence-electron chi connectivity index (χ4n) is 1.96. The van der Waals surface area contributed by atoms with Gasteiger partial charge in [-0.3, -0.25) is 14.9 Å². The summed E-state index contributed by atoms with van der Waals surface area (Å²) < 4.78 is 0. The van der Waals surface area contributed by atoms with E-state index in [4.69, 9.17) is 5.11 Å². The molecule has 1 aromatic carbocycles. The Morgan fingerprint density at radius 1 is 1.53 bits per heavy atom. The summed E-state index contributed by atoms with van der Waals surface area (Å²) in [6.45, 7) is 0.354. The number of carbonyl (C=O) groups is 2. The molecule has 1 unspecified atom stereocenters. The average Bonchev–Trinajstić information content (AvgIpc) is 2.74. The van der Waals surface area contributed by atoms with Crippen LogP contribution in [-0.2, 0) is 4.79 Å². The van der Waals surface area contributed by atoms with E-state index in [9.17, 15) is 19.7 Å². The third-order valence-corrected chi connectivity index (χ3v) is 2.79. The van der Waals surface area contributed by atoms with Crippen LogP contribution in [0.25, 0.3) is 0 Å². The Morgan fingerprint density at radius 3 is 2.79 bits per heavy atom. The molecule has 0 spiro atoms. The second-order valence-corrected chi connectivity index (χ2v) is 4.11. The van der Waals surface area contributed by atoms with Crippen LogP contribution in [0.3, 0.4) is 0 Å². The lowest BCUT2D eigenvalue weighted by Gasteiger charge is -2.12. The van der Waals surface area contributed by atoms with Gasteiger partial charge in [-0.1, -0.05) is 6.07 Å². The Hall–Kier alpha value is -2.64. The summed E-state index contributed by atoms with van der Waals surface area (Å²) in [5, 5.41) is 25.4. The second kappa shape index (κ2) is 4.92. The Kier molecular flexibility index (Phi) is 3.32. The number of anilines is 1. The number of carboxylic acids is 1. The van der Waals surface area contributed by atoms with Gasteiger partial charge in [0, 0.05) is 13.0 Å². The van der Waals surface area contributed by atoms with Crippen LogP contribution in [0.15, 0.2) is 18.2 Å². The number of amides is 1. The molecule has 1 aromatic rings. The Morgan fingerprint density at radius 2 is 2.26 bits per heavy atom. The van der Waals surface area contributed by atoms with Crippen molar-refractivity contribution in [1.82, 2.24) is 5.32 Å². The van der Waals surface area contributed by atoms with Crippen molar-refractivity contribution in [3.8, 4) is 0 Å². The predicted molar refractivity (Wildman–Crippen MR) is 65.1 cm³/mol. The molecular formula is C11H11N3O5. The van der Waals surface area contributed by atoms with Crippen LogP contribution in [0, 0.1) is 10.1 Å². The molecule has 1 fully saturated rings. The third kappa shape index (κ3) is 2.62. The highest BCUT2D eigenvalue weighted by atomic mass is 16.6. The van der Waals surface area contributed by atoms with Crippen molar-refractivity contribution in [3.05, 3.63) is 33.9 Å². The summed E-state index contributed by atoms with van der Waals surface area (Å²) in [6.07, 6.45) is 0.203. The van der Waals surface area contributed by atoms with Crippen molar-refractivity contribution in [2.45, 2.75) is 12.5 Å². The smallest absolute Gasteiger partial charge is 0.342 e. The van der Waals surface area contributed by atoms with E-state index < -0.39 is 16.6 Å². The molecule has 0 aromatic heterocycles. The lowest BCUT2D eigenvalue weighted by molar-refractivity contribution is -0.384. The van der Waals surface area contributed by atoms with E-state index in [0.29, 0.717) is 6.54 Å². The van der Waals surface area contributed by atoms with Crippen LogP contribution in [0.1, 0.15) is 16.8 Å². The van der Waals surface area contributed by atoms with Gasteiger partial charge in [0.1, 0.15) is 11.3 Å². The molecule has 2 rings (SSSR count). The van der Waals surface area contributed by atoms with Crippen molar-refractivity contribution >= 4 is 23.3 Å². The highest BCUT2D eigenvalue weighted by molar-refractivity contribution is 5.95. The maximum Gasteiger partial charge on any atom is 0.342 e. The van der Waals surface area contributed by atoms with Crippen LogP contribution in [0.2, 0.25) is 0 Å². The van der Waals surface area contributed by atoms with Crippen LogP contribution in [0.5, 0.6) is 0 Å². The van der Waals surface area contributed by atoms with Crippen molar-refractivity contribution in [1.29, 1.82) is 0 Å². The molecule has 1 saturated heterocycles. The molecule has 1 atom stereocenters. The summed E-state index contributed by atoms with van der Waals surface area (Å²) >= 11 is 0. The van der Waals surface area contributed by atoms with E-state index in [1.807, 2.05) is 0 Å². The minimum atomic E-state index is -1.36. The molecule has 1 aliphatic heterocycles. The lowest BCUT2D eigenvalue weighted by atomic mass is 10.1. The quantitative estimate of drug-likeness (QED) is 0.541. The number of hydrogen-bond acceptors (Lipinski definition) is 5. The summed E-state index contributed by atoms with van der Waals surface area (Å²) in [5.41, 5.74) is -0.770. The first kappa shape index (κ1) is 12.8. The number of carbonyl (C=O) groups excluding carboxylic acids is 1. The molecule has 0 saturated carbocycles. The van der Waals surface area contributed by atoms with E-state index in [2.05, 4.69) is 10.6 Å². The third-order valence-electron chi connectivity index (χ3n) is 2.79. The fraction of sp³-hybridized carbons (Fsp3) is 0.273. The normalized spacial score (nSPS) is 17.9. The number of nitro groups is 1. The monoisotopic (exact) mass is 265 g/mol. The molecule has 100 valence electrons. The highest BCUT2D eigenvalue weighted by Gasteiger charge is 2.28. The van der Waals surface area contributed by atoms with Gasteiger partial charge in [0.15, 0.2) is 0 Å². The minimum Gasteiger partial charge on any atom is -0.477 e. The van der Waals surface area contributed by atoms with E-state index in [1.54, 1.807) is 0 Å². The number of para-hydroxylation sites is 1. The molecule has 1 aliphatic rings. The number of nitrogens with zero attached hydrogens (tertiary/aromatic N) is 1. The molecule has 8 heteroatoms. The molecule has 1 heterocycles. The standard InChI is InChI=1S/C11H11N3O5/c15-9-4-6(5-12-9)13-8-3-1-2-7(11(16)17)10(8)14(18)19/h1-3,6,13H,4-5H2,(H,12,15)(H,16,17). The largest absolute Gasteiger partial charge is 0.477 e. The van der Waals surface area contributed by atoms with Crippen molar-refractivity contribution in [2.24, 2.45) is 0 Å². The van der Waals surface area contributed by atoms with Gasteiger partial charge in [-0.05, 0) is 12.1 Å². The van der Waals surface area contributed by atoms with Gasteiger partial charge in [0.25, 0.3) is 0 Å². The molecule has 1 amide bonds. The molecule has 0 radical (unpaired) electrons. The summed E-state index contributed by atoms with van der Waals surface area (Å²) in [7, 11) is 0. The first-order valence-corrected chi connectivity index (χ1v) is 5.53. The Labute approximate surface area is 107 Å². The predicted octanol–water partition coefficient (Wildman–Crippen LogP) is 0.593.